The number of carbonyl (C=O) groups is 1. The number of ether oxygens (including phenoxy) is 2. The normalized spacial score (nSPS) is 18.9. The lowest BCUT2D eigenvalue weighted by atomic mass is 9.97. The molecule has 4 N–H and O–H groups in total. The number of anilines is 4. The van der Waals surface area contributed by atoms with Gasteiger partial charge in [0.25, 0.3) is 0 Å². The highest BCUT2D eigenvalue weighted by Gasteiger charge is 2.35. The van der Waals surface area contributed by atoms with Crippen LogP contribution in [0.15, 0.2) is 18.3 Å². The SMILES string of the molecule is CCNc1nc(Nc2cc(C#N)cc(N3CC[C@@H](NC(=O)OC)[C@H](NC4COC4)C3)c2Cl)nn2c(C#N)cnc12. The average Bonchev–Trinajstić information content (AvgIpc) is 3.36. The van der Waals surface area contributed by atoms with E-state index in [1.807, 2.05) is 6.92 Å². The van der Waals surface area contributed by atoms with Gasteiger partial charge in [0.2, 0.25) is 5.95 Å². The first kappa shape index (κ1) is 27.2. The van der Waals surface area contributed by atoms with E-state index in [1.165, 1.54) is 17.8 Å². The average molecular weight is 566 g/mol. The van der Waals surface area contributed by atoms with Crippen LogP contribution in [0.25, 0.3) is 5.65 Å². The second kappa shape index (κ2) is 11.8. The van der Waals surface area contributed by atoms with Crippen molar-refractivity contribution in [1.82, 2.24) is 30.2 Å². The van der Waals surface area contributed by atoms with Crippen molar-refractivity contribution in [3.63, 3.8) is 0 Å². The number of halogens is 1. The molecular weight excluding hydrogens is 538 g/mol. The Bertz CT molecular complexity index is 1490. The third-order valence-electron chi connectivity index (χ3n) is 6.78. The van der Waals surface area contributed by atoms with E-state index in [1.54, 1.807) is 12.1 Å². The fraction of sp³-hybridized carbons (Fsp3) is 0.440. The highest BCUT2D eigenvalue weighted by molar-refractivity contribution is 6.36. The molecule has 1 aromatic carbocycles. The Kier molecular flexibility index (Phi) is 8.02. The van der Waals surface area contributed by atoms with Gasteiger partial charge < -0.3 is 35.6 Å². The second-order valence-electron chi connectivity index (χ2n) is 9.38. The molecule has 2 aromatic heterocycles. The number of hydrogen-bond donors (Lipinski definition) is 4. The van der Waals surface area contributed by atoms with E-state index in [0.717, 1.165) is 0 Å². The van der Waals surface area contributed by atoms with Gasteiger partial charge in [-0.1, -0.05) is 11.6 Å². The van der Waals surface area contributed by atoms with E-state index in [2.05, 4.69) is 53.4 Å². The van der Waals surface area contributed by atoms with Crippen LogP contribution >= 0.6 is 11.6 Å². The van der Waals surface area contributed by atoms with Crippen LogP contribution < -0.4 is 26.2 Å². The van der Waals surface area contributed by atoms with Gasteiger partial charge in [0.05, 0.1) is 66.6 Å². The molecule has 2 atom stereocenters. The number of carbonyl (C=O) groups excluding carboxylic acids is 1. The Hall–Kier alpha value is -4.37. The Morgan fingerprint density at radius 3 is 2.77 bits per heavy atom. The van der Waals surface area contributed by atoms with Gasteiger partial charge in [0.1, 0.15) is 6.07 Å². The minimum atomic E-state index is -0.488. The number of amides is 1. The molecule has 2 aliphatic heterocycles. The summed E-state index contributed by atoms with van der Waals surface area (Å²) in [5, 5.41) is 36.8. The predicted molar refractivity (Wildman–Crippen MR) is 147 cm³/mol. The van der Waals surface area contributed by atoms with Gasteiger partial charge in [-0.2, -0.15) is 20.0 Å². The van der Waals surface area contributed by atoms with Crippen LogP contribution in [0.5, 0.6) is 0 Å². The molecule has 14 nitrogen and oxygen atoms in total. The third kappa shape index (κ3) is 5.51. The van der Waals surface area contributed by atoms with Gasteiger partial charge in [0, 0.05) is 25.7 Å². The fourth-order valence-corrected chi connectivity index (χ4v) is 5.05. The van der Waals surface area contributed by atoms with Crippen molar-refractivity contribution in [3.05, 3.63) is 34.6 Å². The number of nitrogens with one attached hydrogen (secondary N) is 4. The molecule has 2 fully saturated rings. The second-order valence-corrected chi connectivity index (χ2v) is 9.76. The van der Waals surface area contributed by atoms with Crippen LogP contribution in [0.1, 0.15) is 24.6 Å². The number of hydrogen-bond acceptors (Lipinski definition) is 12. The number of benzene rings is 1. The highest BCUT2D eigenvalue weighted by atomic mass is 35.5. The minimum Gasteiger partial charge on any atom is -0.453 e. The van der Waals surface area contributed by atoms with Gasteiger partial charge in [-0.15, -0.1) is 5.10 Å². The third-order valence-corrected chi connectivity index (χ3v) is 7.18. The van der Waals surface area contributed by atoms with Crippen LogP contribution in [0.2, 0.25) is 5.02 Å². The summed E-state index contributed by atoms with van der Waals surface area (Å²) in [6, 6.07) is 7.54. The molecule has 15 heteroatoms. The predicted octanol–water partition coefficient (Wildman–Crippen LogP) is 1.99. The Morgan fingerprint density at radius 2 is 2.10 bits per heavy atom. The zero-order chi connectivity index (χ0) is 28.2. The number of nitriles is 2. The van der Waals surface area contributed by atoms with Crippen molar-refractivity contribution < 1.29 is 14.3 Å². The summed E-state index contributed by atoms with van der Waals surface area (Å²) in [6.45, 7) is 4.80. The molecule has 3 aromatic rings. The number of nitrogens with zero attached hydrogens (tertiary/aromatic N) is 7. The van der Waals surface area contributed by atoms with Crippen molar-refractivity contribution in [2.24, 2.45) is 0 Å². The van der Waals surface area contributed by atoms with Crippen molar-refractivity contribution in [1.29, 1.82) is 10.5 Å². The first-order valence-corrected chi connectivity index (χ1v) is 13.2. The molecule has 0 radical (unpaired) electrons. The maximum atomic E-state index is 12.0. The highest BCUT2D eigenvalue weighted by Crippen LogP contribution is 2.37. The van der Waals surface area contributed by atoms with Crippen molar-refractivity contribution in [3.8, 4) is 12.1 Å². The molecule has 4 heterocycles. The maximum absolute atomic E-state index is 12.0. The molecule has 1 amide bonds. The topological polar surface area (TPSA) is 178 Å². The molecule has 0 unspecified atom stereocenters. The summed E-state index contributed by atoms with van der Waals surface area (Å²) in [7, 11) is 1.34. The van der Waals surface area contributed by atoms with Crippen LogP contribution in [0.3, 0.4) is 0 Å². The summed E-state index contributed by atoms with van der Waals surface area (Å²) in [6.07, 6.45) is 1.56. The standard InChI is InChI=1S/C25H28ClN11O3/c1-3-29-22-23-30-10-16(9-28)37(23)35-24(34-22)32-18-6-14(8-27)7-20(21(18)26)36-5-4-17(33-25(38)39-2)19(11-36)31-15-12-40-13-15/h6-7,10,15,17,19,31H,3-5,11-13H2,1-2H3,(H,33,38)(H2,29,32,34,35)/t17-,19-/m1/s1. The van der Waals surface area contributed by atoms with Gasteiger partial charge in [-0.05, 0) is 25.5 Å². The zero-order valence-corrected chi connectivity index (χ0v) is 22.7. The van der Waals surface area contributed by atoms with Gasteiger partial charge >= 0.3 is 6.09 Å². The smallest absolute Gasteiger partial charge is 0.407 e. The summed E-state index contributed by atoms with van der Waals surface area (Å²) < 4.78 is 11.5. The molecule has 0 aliphatic carbocycles. The zero-order valence-electron chi connectivity index (χ0n) is 21.9. The van der Waals surface area contributed by atoms with E-state index >= 15 is 0 Å². The van der Waals surface area contributed by atoms with Gasteiger partial charge in [0.15, 0.2) is 17.2 Å². The van der Waals surface area contributed by atoms with Crippen LogP contribution in [-0.2, 0) is 9.47 Å². The summed E-state index contributed by atoms with van der Waals surface area (Å²) >= 11 is 6.93. The van der Waals surface area contributed by atoms with E-state index < -0.39 is 6.09 Å². The largest absolute Gasteiger partial charge is 0.453 e. The van der Waals surface area contributed by atoms with E-state index in [4.69, 9.17) is 21.1 Å². The molecule has 40 heavy (non-hydrogen) atoms. The van der Waals surface area contributed by atoms with Crippen molar-refractivity contribution >= 4 is 46.5 Å². The summed E-state index contributed by atoms with van der Waals surface area (Å²) in [5.41, 5.74) is 2.14. The quantitative estimate of drug-likeness (QED) is 0.312. The van der Waals surface area contributed by atoms with E-state index in [0.29, 0.717) is 72.7 Å². The lowest BCUT2D eigenvalue weighted by Crippen LogP contribution is -2.64. The van der Waals surface area contributed by atoms with Crippen LogP contribution in [-0.4, -0.2) is 83.8 Å². The molecule has 0 spiro atoms. The molecular formula is C25H28ClN11O3. The Balaban J connectivity index is 1.45. The van der Waals surface area contributed by atoms with Gasteiger partial charge in [-0.3, -0.25) is 0 Å². The molecule has 5 rings (SSSR count). The van der Waals surface area contributed by atoms with Crippen LogP contribution in [0.4, 0.5) is 27.9 Å². The molecule has 208 valence electrons. The van der Waals surface area contributed by atoms with Gasteiger partial charge in [-0.25, -0.2) is 9.78 Å². The number of methoxy groups -OCH3 is 1. The van der Waals surface area contributed by atoms with Crippen LogP contribution in [0, 0.1) is 22.7 Å². The number of piperidine rings is 1. The van der Waals surface area contributed by atoms with Crippen molar-refractivity contribution in [2.45, 2.75) is 31.5 Å². The summed E-state index contributed by atoms with van der Waals surface area (Å²) in [5.74, 6) is 0.620. The number of rotatable bonds is 8. The summed E-state index contributed by atoms with van der Waals surface area (Å²) in [4.78, 5) is 22.8. The first-order valence-electron chi connectivity index (χ1n) is 12.8. The Labute approximate surface area is 235 Å². The molecule has 0 bridgehead atoms. The van der Waals surface area contributed by atoms with Crippen molar-refractivity contribution in [2.75, 3.05) is 55.5 Å². The number of aromatic nitrogens is 4. The number of imidazole rings is 1. The van der Waals surface area contributed by atoms with E-state index in [-0.39, 0.29) is 29.8 Å². The Morgan fingerprint density at radius 1 is 1.27 bits per heavy atom. The molecule has 0 saturated carbocycles. The number of fused-ring (bicyclic) bond motifs is 1. The minimum absolute atomic E-state index is 0.112. The van der Waals surface area contributed by atoms with E-state index in [9.17, 15) is 15.3 Å². The first-order chi connectivity index (χ1) is 19.4. The maximum Gasteiger partial charge on any atom is 0.407 e. The monoisotopic (exact) mass is 565 g/mol. The molecule has 2 aliphatic rings. The lowest BCUT2D eigenvalue weighted by Gasteiger charge is -2.43. The number of alkyl carbamates (subject to hydrolysis) is 1. The lowest BCUT2D eigenvalue weighted by molar-refractivity contribution is -0.0123. The molecule has 2 saturated heterocycles. The fourth-order valence-electron chi connectivity index (χ4n) is 4.77.